The van der Waals surface area contributed by atoms with E-state index in [0.29, 0.717) is 58.2 Å². The molecule has 26 heavy (non-hydrogen) atoms. The first-order chi connectivity index (χ1) is 12.3. The highest BCUT2D eigenvalue weighted by Gasteiger charge is 2.27. The summed E-state index contributed by atoms with van der Waals surface area (Å²) in [5.74, 6) is 0.654. The molecule has 0 N–H and O–H groups in total. The number of hydrogen-bond donors (Lipinski definition) is 0. The number of amides is 3. The van der Waals surface area contributed by atoms with Crippen molar-refractivity contribution in [3.05, 3.63) is 0 Å². The minimum Gasteiger partial charge on any atom is -0.444 e. The largest absolute Gasteiger partial charge is 0.444 e. The number of nitrogens with zero attached hydrogens (tertiary/aromatic N) is 3. The molecule has 0 spiro atoms. The first-order valence-corrected chi connectivity index (χ1v) is 10.1. The molecule has 2 aliphatic heterocycles. The Bertz CT molecular complexity index is 509. The lowest BCUT2D eigenvalue weighted by Crippen LogP contribution is -2.52. The molecule has 0 saturated carbocycles. The zero-order valence-corrected chi connectivity index (χ0v) is 16.7. The second-order valence-electron chi connectivity index (χ2n) is 7.33. The van der Waals surface area contributed by atoms with Gasteiger partial charge in [-0.05, 0) is 20.8 Å². The number of ether oxygens (including phenoxy) is 2. The zero-order chi connectivity index (χ0) is 19.2. The molecular formula is C17H29N3O5S. The van der Waals surface area contributed by atoms with E-state index in [1.54, 1.807) is 14.7 Å². The van der Waals surface area contributed by atoms with Gasteiger partial charge in [-0.2, -0.15) is 0 Å². The lowest BCUT2D eigenvalue weighted by molar-refractivity contribution is -0.132. The third-order valence-electron chi connectivity index (χ3n) is 4.10. The second-order valence-corrected chi connectivity index (χ2v) is 8.32. The van der Waals surface area contributed by atoms with E-state index in [-0.39, 0.29) is 23.7 Å². The minimum atomic E-state index is -0.520. The van der Waals surface area contributed by atoms with Crippen LogP contribution in [0.15, 0.2) is 0 Å². The molecule has 0 bridgehead atoms. The van der Waals surface area contributed by atoms with Gasteiger partial charge in [0.2, 0.25) is 11.8 Å². The van der Waals surface area contributed by atoms with Crippen molar-refractivity contribution in [2.45, 2.75) is 26.4 Å². The van der Waals surface area contributed by atoms with Crippen LogP contribution in [0.1, 0.15) is 20.8 Å². The van der Waals surface area contributed by atoms with Gasteiger partial charge in [0.25, 0.3) is 0 Å². The van der Waals surface area contributed by atoms with E-state index in [1.165, 1.54) is 11.8 Å². The standard InChI is InChI=1S/C17H29N3O5S/c1-17(2,3)25-16(23)20-6-4-18(5-7-20)14(21)12-26-13-15(22)19-8-10-24-11-9-19/h4-13H2,1-3H3. The van der Waals surface area contributed by atoms with Crippen molar-refractivity contribution in [2.24, 2.45) is 0 Å². The van der Waals surface area contributed by atoms with Crippen molar-refractivity contribution in [1.82, 2.24) is 14.7 Å². The number of morpholine rings is 1. The topological polar surface area (TPSA) is 79.4 Å². The van der Waals surface area contributed by atoms with Gasteiger partial charge < -0.3 is 24.2 Å². The van der Waals surface area contributed by atoms with Gasteiger partial charge in [-0.25, -0.2) is 4.79 Å². The van der Waals surface area contributed by atoms with Crippen molar-refractivity contribution >= 4 is 29.7 Å². The number of rotatable bonds is 4. The third kappa shape index (κ3) is 6.68. The van der Waals surface area contributed by atoms with E-state index in [9.17, 15) is 14.4 Å². The van der Waals surface area contributed by atoms with Gasteiger partial charge in [-0.15, -0.1) is 11.8 Å². The molecule has 148 valence electrons. The van der Waals surface area contributed by atoms with Gasteiger partial charge in [-0.1, -0.05) is 0 Å². The fourth-order valence-electron chi connectivity index (χ4n) is 2.69. The molecule has 8 nitrogen and oxygen atoms in total. The highest BCUT2D eigenvalue weighted by molar-refractivity contribution is 8.00. The van der Waals surface area contributed by atoms with Crippen LogP contribution < -0.4 is 0 Å². The van der Waals surface area contributed by atoms with Gasteiger partial charge in [0, 0.05) is 39.3 Å². The van der Waals surface area contributed by atoms with Crippen molar-refractivity contribution in [1.29, 1.82) is 0 Å². The highest BCUT2D eigenvalue weighted by atomic mass is 32.2. The molecule has 0 aliphatic carbocycles. The Hall–Kier alpha value is -1.48. The fourth-order valence-corrected chi connectivity index (χ4v) is 3.50. The Morgan fingerprint density at radius 1 is 0.846 bits per heavy atom. The molecule has 2 heterocycles. The number of carbonyl (C=O) groups excluding carboxylic acids is 3. The van der Waals surface area contributed by atoms with Crippen molar-refractivity contribution in [3.63, 3.8) is 0 Å². The summed E-state index contributed by atoms with van der Waals surface area (Å²) in [5.41, 5.74) is -0.520. The van der Waals surface area contributed by atoms with Crippen LogP contribution in [0.3, 0.4) is 0 Å². The molecule has 0 atom stereocenters. The first kappa shape index (κ1) is 20.8. The summed E-state index contributed by atoms with van der Waals surface area (Å²) in [5, 5.41) is 0. The molecular weight excluding hydrogens is 358 g/mol. The normalized spacial score (nSPS) is 18.7. The predicted molar refractivity (Wildman–Crippen MR) is 99.1 cm³/mol. The van der Waals surface area contributed by atoms with E-state index in [4.69, 9.17) is 9.47 Å². The Morgan fingerprint density at radius 3 is 1.81 bits per heavy atom. The molecule has 3 amide bonds. The third-order valence-corrected chi connectivity index (χ3v) is 5.00. The maximum absolute atomic E-state index is 12.3. The Kier molecular flexibility index (Phi) is 7.57. The SMILES string of the molecule is CC(C)(C)OC(=O)N1CCN(C(=O)CSCC(=O)N2CCOCC2)CC1. The Morgan fingerprint density at radius 2 is 1.31 bits per heavy atom. The number of thioether (sulfide) groups is 1. The van der Waals surface area contributed by atoms with E-state index in [1.807, 2.05) is 20.8 Å². The monoisotopic (exact) mass is 387 g/mol. The second kappa shape index (κ2) is 9.45. The number of piperazine rings is 1. The van der Waals surface area contributed by atoms with E-state index >= 15 is 0 Å². The lowest BCUT2D eigenvalue weighted by atomic mass is 10.2. The van der Waals surface area contributed by atoms with Gasteiger partial charge in [0.05, 0.1) is 24.7 Å². The van der Waals surface area contributed by atoms with Crippen molar-refractivity contribution in [2.75, 3.05) is 64.0 Å². The maximum atomic E-state index is 12.3. The van der Waals surface area contributed by atoms with Gasteiger partial charge >= 0.3 is 6.09 Å². The summed E-state index contributed by atoms with van der Waals surface area (Å²) < 4.78 is 10.6. The summed E-state index contributed by atoms with van der Waals surface area (Å²) in [6.07, 6.45) is -0.338. The Balaban J connectivity index is 1.65. The van der Waals surface area contributed by atoms with Crippen LogP contribution in [0.5, 0.6) is 0 Å². The van der Waals surface area contributed by atoms with Crippen LogP contribution >= 0.6 is 11.8 Å². The van der Waals surface area contributed by atoms with Crippen LogP contribution in [0.25, 0.3) is 0 Å². The predicted octanol–water partition coefficient (Wildman–Crippen LogP) is 0.658. The zero-order valence-electron chi connectivity index (χ0n) is 15.9. The van der Waals surface area contributed by atoms with Crippen LogP contribution in [0.2, 0.25) is 0 Å². The highest BCUT2D eigenvalue weighted by Crippen LogP contribution is 2.13. The maximum Gasteiger partial charge on any atom is 0.410 e. The smallest absolute Gasteiger partial charge is 0.410 e. The summed E-state index contributed by atoms with van der Waals surface area (Å²) in [6, 6.07) is 0. The van der Waals surface area contributed by atoms with Crippen LogP contribution in [-0.4, -0.2) is 102 Å². The Labute approximate surface area is 159 Å². The molecule has 0 aromatic rings. The molecule has 0 unspecified atom stereocenters. The molecule has 0 aromatic heterocycles. The van der Waals surface area contributed by atoms with Gasteiger partial charge in [0.1, 0.15) is 5.60 Å². The fraction of sp³-hybridized carbons (Fsp3) is 0.824. The molecule has 0 radical (unpaired) electrons. The summed E-state index contributed by atoms with van der Waals surface area (Å²) in [6.45, 7) is 9.84. The molecule has 2 aliphatic rings. The molecule has 0 aromatic carbocycles. The molecule has 2 fully saturated rings. The van der Waals surface area contributed by atoms with Crippen LogP contribution in [-0.2, 0) is 19.1 Å². The quantitative estimate of drug-likeness (QED) is 0.705. The number of hydrogen-bond acceptors (Lipinski definition) is 6. The molecule has 9 heteroatoms. The lowest BCUT2D eigenvalue weighted by Gasteiger charge is -2.35. The van der Waals surface area contributed by atoms with Crippen molar-refractivity contribution < 1.29 is 23.9 Å². The van der Waals surface area contributed by atoms with Crippen LogP contribution in [0, 0.1) is 0 Å². The molecule has 2 saturated heterocycles. The first-order valence-electron chi connectivity index (χ1n) is 8.95. The average Bonchev–Trinajstić information content (AvgIpc) is 2.61. The minimum absolute atomic E-state index is 0.00798. The van der Waals surface area contributed by atoms with E-state index < -0.39 is 5.60 Å². The molecule has 2 rings (SSSR count). The number of carbonyl (C=O) groups is 3. The van der Waals surface area contributed by atoms with Gasteiger partial charge in [-0.3, -0.25) is 9.59 Å². The van der Waals surface area contributed by atoms with E-state index in [2.05, 4.69) is 0 Å². The van der Waals surface area contributed by atoms with Gasteiger partial charge in [0.15, 0.2) is 0 Å². The summed E-state index contributed by atoms with van der Waals surface area (Å²) in [4.78, 5) is 41.5. The van der Waals surface area contributed by atoms with Crippen LogP contribution in [0.4, 0.5) is 4.79 Å². The summed E-state index contributed by atoms with van der Waals surface area (Å²) in [7, 11) is 0. The summed E-state index contributed by atoms with van der Waals surface area (Å²) >= 11 is 1.34. The van der Waals surface area contributed by atoms with Crippen molar-refractivity contribution in [3.8, 4) is 0 Å². The van der Waals surface area contributed by atoms with E-state index in [0.717, 1.165) is 0 Å². The average molecular weight is 388 g/mol.